The smallest absolute Gasteiger partial charge is 0.246 e. The Morgan fingerprint density at radius 2 is 2.18 bits per heavy atom. The summed E-state index contributed by atoms with van der Waals surface area (Å²) in [5, 5.41) is 4.88. The normalized spacial score (nSPS) is 15.8. The van der Waals surface area contributed by atoms with E-state index in [2.05, 4.69) is 20.0 Å². The summed E-state index contributed by atoms with van der Waals surface area (Å²) in [6.07, 6.45) is 5.18. The molecule has 0 saturated heterocycles. The number of nitrogens with zero attached hydrogens (tertiary/aromatic N) is 5. The SMILES string of the molecule is Cn1cc(Cl)c(CN2CCc3nc(S(C)(=O)=O)ncc3C2)n1. The van der Waals surface area contributed by atoms with Crippen LogP contribution in [0.5, 0.6) is 0 Å². The molecule has 118 valence electrons. The molecule has 2 aromatic heterocycles. The average Bonchev–Trinajstić information content (AvgIpc) is 2.75. The average molecular weight is 342 g/mol. The largest absolute Gasteiger partial charge is 0.293 e. The van der Waals surface area contributed by atoms with Crippen LogP contribution in [0.4, 0.5) is 0 Å². The van der Waals surface area contributed by atoms with E-state index < -0.39 is 9.84 Å². The molecule has 2 aromatic rings. The van der Waals surface area contributed by atoms with E-state index in [0.29, 0.717) is 24.5 Å². The van der Waals surface area contributed by atoms with Crippen molar-refractivity contribution in [3.63, 3.8) is 0 Å². The van der Waals surface area contributed by atoms with Crippen molar-refractivity contribution in [1.29, 1.82) is 0 Å². The third kappa shape index (κ3) is 3.13. The number of hydrogen-bond acceptors (Lipinski definition) is 6. The highest BCUT2D eigenvalue weighted by Crippen LogP contribution is 2.21. The van der Waals surface area contributed by atoms with Gasteiger partial charge in [-0.1, -0.05) is 11.6 Å². The van der Waals surface area contributed by atoms with E-state index in [-0.39, 0.29) is 5.16 Å². The number of rotatable bonds is 3. The molecule has 0 radical (unpaired) electrons. The Labute approximate surface area is 133 Å². The first-order valence-electron chi connectivity index (χ1n) is 6.78. The molecule has 1 aliphatic rings. The molecule has 3 rings (SSSR count). The van der Waals surface area contributed by atoms with E-state index in [9.17, 15) is 8.42 Å². The summed E-state index contributed by atoms with van der Waals surface area (Å²) in [5.41, 5.74) is 2.59. The first-order chi connectivity index (χ1) is 10.3. The van der Waals surface area contributed by atoms with E-state index >= 15 is 0 Å². The Hall–Kier alpha value is -1.51. The van der Waals surface area contributed by atoms with Gasteiger partial charge in [-0.25, -0.2) is 18.4 Å². The first kappa shape index (κ1) is 15.4. The fourth-order valence-electron chi connectivity index (χ4n) is 2.49. The maximum absolute atomic E-state index is 11.5. The van der Waals surface area contributed by atoms with Crippen LogP contribution >= 0.6 is 11.6 Å². The number of hydrogen-bond donors (Lipinski definition) is 0. The maximum atomic E-state index is 11.5. The van der Waals surface area contributed by atoms with Crippen molar-refractivity contribution in [2.45, 2.75) is 24.7 Å². The van der Waals surface area contributed by atoms with Crippen LogP contribution in [0.15, 0.2) is 17.6 Å². The van der Waals surface area contributed by atoms with Gasteiger partial charge in [-0.2, -0.15) is 5.10 Å². The molecule has 0 spiro atoms. The predicted molar refractivity (Wildman–Crippen MR) is 81.2 cm³/mol. The Bertz CT molecular complexity index is 818. The van der Waals surface area contributed by atoms with Gasteiger partial charge in [0, 0.05) is 57.3 Å². The first-order valence-corrected chi connectivity index (χ1v) is 9.05. The molecular formula is C13H16ClN5O2S. The second-order valence-electron chi connectivity index (χ2n) is 5.45. The molecule has 0 fully saturated rings. The standard InChI is InChI=1S/C13H16ClN5O2S/c1-18-7-10(14)12(17-18)8-19-4-3-11-9(6-19)5-15-13(16-11)22(2,20)21/h5,7H,3-4,6,8H2,1-2H3. The van der Waals surface area contributed by atoms with Gasteiger partial charge in [0.05, 0.1) is 16.4 Å². The van der Waals surface area contributed by atoms with Crippen LogP contribution in [-0.2, 0) is 36.4 Å². The minimum Gasteiger partial charge on any atom is -0.293 e. The molecule has 0 aliphatic carbocycles. The van der Waals surface area contributed by atoms with Crippen molar-refractivity contribution in [1.82, 2.24) is 24.6 Å². The van der Waals surface area contributed by atoms with E-state index in [4.69, 9.17) is 11.6 Å². The van der Waals surface area contributed by atoms with Crippen LogP contribution in [0.2, 0.25) is 5.02 Å². The van der Waals surface area contributed by atoms with Crippen molar-refractivity contribution >= 4 is 21.4 Å². The number of sulfone groups is 1. The van der Waals surface area contributed by atoms with Gasteiger partial charge in [0.2, 0.25) is 15.0 Å². The lowest BCUT2D eigenvalue weighted by molar-refractivity contribution is 0.238. The molecule has 0 saturated carbocycles. The number of aryl methyl sites for hydroxylation is 1. The van der Waals surface area contributed by atoms with Crippen LogP contribution in [0.25, 0.3) is 0 Å². The summed E-state index contributed by atoms with van der Waals surface area (Å²) in [6.45, 7) is 2.08. The van der Waals surface area contributed by atoms with E-state index in [1.165, 1.54) is 0 Å². The molecule has 1 aliphatic heterocycles. The molecule has 22 heavy (non-hydrogen) atoms. The molecule has 0 amide bonds. The van der Waals surface area contributed by atoms with Gasteiger partial charge >= 0.3 is 0 Å². The Morgan fingerprint density at radius 1 is 1.41 bits per heavy atom. The minimum absolute atomic E-state index is 0.104. The van der Waals surface area contributed by atoms with Crippen LogP contribution in [0.1, 0.15) is 17.0 Å². The molecule has 0 N–H and O–H groups in total. The van der Waals surface area contributed by atoms with Crippen molar-refractivity contribution in [3.8, 4) is 0 Å². The zero-order valence-corrected chi connectivity index (χ0v) is 13.9. The van der Waals surface area contributed by atoms with Crippen LogP contribution in [0.3, 0.4) is 0 Å². The molecule has 7 nitrogen and oxygen atoms in total. The quantitative estimate of drug-likeness (QED) is 0.769. The highest BCUT2D eigenvalue weighted by Gasteiger charge is 2.22. The second kappa shape index (κ2) is 5.60. The minimum atomic E-state index is -3.37. The van der Waals surface area contributed by atoms with Crippen molar-refractivity contribution in [2.75, 3.05) is 12.8 Å². The summed E-state index contributed by atoms with van der Waals surface area (Å²) >= 11 is 6.13. The molecule has 0 unspecified atom stereocenters. The monoisotopic (exact) mass is 341 g/mol. The maximum Gasteiger partial charge on any atom is 0.246 e. The third-order valence-corrected chi connectivity index (χ3v) is 4.73. The third-order valence-electron chi connectivity index (χ3n) is 3.55. The molecule has 3 heterocycles. The van der Waals surface area contributed by atoms with Crippen LogP contribution < -0.4 is 0 Å². The summed E-state index contributed by atoms with van der Waals surface area (Å²) in [6, 6.07) is 0. The Kier molecular flexibility index (Phi) is 3.92. The van der Waals surface area contributed by atoms with E-state index in [1.54, 1.807) is 17.1 Å². The summed E-state index contributed by atoms with van der Waals surface area (Å²) < 4.78 is 24.7. The van der Waals surface area contributed by atoms with Gasteiger partial charge in [0.15, 0.2) is 0 Å². The lowest BCUT2D eigenvalue weighted by atomic mass is 10.1. The second-order valence-corrected chi connectivity index (χ2v) is 7.77. The van der Waals surface area contributed by atoms with Crippen molar-refractivity contribution < 1.29 is 8.42 Å². The summed E-state index contributed by atoms with van der Waals surface area (Å²) in [4.78, 5) is 10.3. The predicted octanol–water partition coefficient (Wildman–Crippen LogP) is 0.825. The zero-order chi connectivity index (χ0) is 15.9. The van der Waals surface area contributed by atoms with Crippen LogP contribution in [-0.4, -0.2) is 45.9 Å². The highest BCUT2D eigenvalue weighted by molar-refractivity contribution is 7.90. The topological polar surface area (TPSA) is 81.0 Å². The number of halogens is 1. The lowest BCUT2D eigenvalue weighted by Crippen LogP contribution is -2.31. The van der Waals surface area contributed by atoms with E-state index in [0.717, 1.165) is 29.8 Å². The number of aromatic nitrogens is 4. The highest BCUT2D eigenvalue weighted by atomic mass is 35.5. The van der Waals surface area contributed by atoms with Gasteiger partial charge in [-0.05, 0) is 0 Å². The zero-order valence-electron chi connectivity index (χ0n) is 12.3. The Morgan fingerprint density at radius 3 is 2.82 bits per heavy atom. The van der Waals surface area contributed by atoms with Crippen molar-refractivity contribution in [2.24, 2.45) is 7.05 Å². The Balaban J connectivity index is 1.78. The molecule has 0 aromatic carbocycles. The van der Waals surface area contributed by atoms with Crippen LogP contribution in [0, 0.1) is 0 Å². The van der Waals surface area contributed by atoms with Gasteiger partial charge in [-0.3, -0.25) is 9.58 Å². The molecule has 0 bridgehead atoms. The molecule has 0 atom stereocenters. The fraction of sp³-hybridized carbons (Fsp3) is 0.462. The summed E-state index contributed by atoms with van der Waals surface area (Å²) in [7, 11) is -1.53. The lowest BCUT2D eigenvalue weighted by Gasteiger charge is -2.27. The fourth-order valence-corrected chi connectivity index (χ4v) is 3.25. The van der Waals surface area contributed by atoms with E-state index in [1.807, 2.05) is 7.05 Å². The van der Waals surface area contributed by atoms with Crippen molar-refractivity contribution in [3.05, 3.63) is 34.4 Å². The van der Waals surface area contributed by atoms with Gasteiger partial charge in [0.1, 0.15) is 0 Å². The van der Waals surface area contributed by atoms with Gasteiger partial charge in [0.25, 0.3) is 0 Å². The van der Waals surface area contributed by atoms with Gasteiger partial charge in [-0.15, -0.1) is 0 Å². The molecular weight excluding hydrogens is 326 g/mol. The molecule has 9 heteroatoms. The van der Waals surface area contributed by atoms with Gasteiger partial charge < -0.3 is 0 Å². The number of fused-ring (bicyclic) bond motifs is 1. The summed E-state index contributed by atoms with van der Waals surface area (Å²) in [5.74, 6) is 0.